The lowest BCUT2D eigenvalue weighted by Crippen LogP contribution is -2.47. The van der Waals surface area contributed by atoms with Crippen molar-refractivity contribution in [2.75, 3.05) is 14.1 Å². The number of nitrogens with zero attached hydrogens (tertiary/aromatic N) is 1. The summed E-state index contributed by atoms with van der Waals surface area (Å²) in [6.07, 6.45) is 3.23. The van der Waals surface area contributed by atoms with Crippen LogP contribution in [-0.4, -0.2) is 80.8 Å². The Morgan fingerprint density at radius 3 is 1.71 bits per heavy atom. The van der Waals surface area contributed by atoms with E-state index >= 15 is 0 Å². The fraction of sp³-hybridized carbons (Fsp3) is 0.875. The van der Waals surface area contributed by atoms with Crippen LogP contribution in [0.3, 0.4) is 0 Å². The van der Waals surface area contributed by atoms with E-state index in [1.54, 1.807) is 0 Å². The van der Waals surface area contributed by atoms with Crippen molar-refractivity contribution < 1.29 is 35.1 Å². The molecule has 2 aliphatic carbocycles. The number of aliphatic hydroxyl groups is 3. The minimum atomic E-state index is -2.27. The minimum absolute atomic E-state index is 0.0793. The Labute approximate surface area is 141 Å². The first kappa shape index (κ1) is 20.8. The van der Waals surface area contributed by atoms with Gasteiger partial charge in [-0.15, -0.1) is 0 Å². The van der Waals surface area contributed by atoms with Crippen molar-refractivity contribution in [3.63, 3.8) is 0 Å². The Bertz CT molecular complexity index is 411. The van der Waals surface area contributed by atoms with Crippen LogP contribution in [0.1, 0.15) is 38.5 Å². The smallest absolute Gasteiger partial charge is 0.335 e. The van der Waals surface area contributed by atoms with Gasteiger partial charge in [-0.1, -0.05) is 25.7 Å². The van der Waals surface area contributed by atoms with Crippen molar-refractivity contribution in [3.8, 4) is 0 Å². The summed E-state index contributed by atoms with van der Waals surface area (Å²) in [5.41, 5.74) is 0. The second-order valence-corrected chi connectivity index (χ2v) is 6.94. The third kappa shape index (κ3) is 5.70. The van der Waals surface area contributed by atoms with Gasteiger partial charge in [-0.05, 0) is 38.8 Å². The van der Waals surface area contributed by atoms with E-state index < -0.39 is 24.1 Å². The van der Waals surface area contributed by atoms with E-state index in [9.17, 15) is 14.7 Å². The number of rotatable bonds is 4. The van der Waals surface area contributed by atoms with Gasteiger partial charge in [0.1, 0.15) is 0 Å². The van der Waals surface area contributed by atoms with E-state index in [2.05, 4.69) is 19.0 Å². The van der Waals surface area contributed by atoms with E-state index in [4.69, 9.17) is 20.4 Å². The van der Waals surface area contributed by atoms with Crippen LogP contribution >= 0.6 is 0 Å². The lowest BCUT2D eigenvalue weighted by molar-refractivity contribution is -0.165. The van der Waals surface area contributed by atoms with Crippen LogP contribution in [0.5, 0.6) is 0 Å². The van der Waals surface area contributed by atoms with Crippen molar-refractivity contribution in [1.29, 1.82) is 0 Å². The fourth-order valence-electron chi connectivity index (χ4n) is 3.66. The minimum Gasteiger partial charge on any atom is -0.479 e. The van der Waals surface area contributed by atoms with Crippen molar-refractivity contribution in [2.45, 2.75) is 62.9 Å². The van der Waals surface area contributed by atoms with Crippen molar-refractivity contribution in [2.24, 2.45) is 11.8 Å². The number of aliphatic hydroxyl groups excluding tert-OH is 3. The topological polar surface area (TPSA) is 139 Å². The highest BCUT2D eigenvalue weighted by Gasteiger charge is 2.37. The van der Waals surface area contributed by atoms with Gasteiger partial charge in [-0.25, -0.2) is 9.59 Å². The Morgan fingerprint density at radius 2 is 1.33 bits per heavy atom. The van der Waals surface area contributed by atoms with Crippen LogP contribution in [-0.2, 0) is 9.59 Å². The van der Waals surface area contributed by atoms with Crippen LogP contribution in [0.4, 0.5) is 0 Å². The number of carbonyl (C=O) groups is 2. The molecule has 2 rings (SSSR count). The Morgan fingerprint density at radius 1 is 0.917 bits per heavy atom. The van der Waals surface area contributed by atoms with Crippen LogP contribution in [0.15, 0.2) is 0 Å². The first-order valence-electron chi connectivity index (χ1n) is 8.31. The Balaban J connectivity index is 0.000000257. The molecular formula is C16H29NO7. The summed E-state index contributed by atoms with van der Waals surface area (Å²) in [5, 5.41) is 42.6. The summed E-state index contributed by atoms with van der Waals surface area (Å²) < 4.78 is 0. The molecule has 8 heteroatoms. The number of carboxylic acid groups (broad SMARTS) is 2. The largest absolute Gasteiger partial charge is 0.479 e. The average Bonchev–Trinajstić information content (AvgIpc) is 2.52. The van der Waals surface area contributed by atoms with Crippen LogP contribution in [0, 0.1) is 11.8 Å². The lowest BCUT2D eigenvalue weighted by Gasteiger charge is -2.44. The molecule has 2 aliphatic rings. The quantitative estimate of drug-likeness (QED) is 0.469. The van der Waals surface area contributed by atoms with Gasteiger partial charge in [0, 0.05) is 6.04 Å². The summed E-state index contributed by atoms with van der Waals surface area (Å²) in [7, 11) is 4.19. The second kappa shape index (κ2) is 9.31. The molecule has 0 heterocycles. The predicted octanol–water partition coefficient (Wildman–Crippen LogP) is -0.245. The number of aliphatic carboxylic acids is 2. The van der Waals surface area contributed by atoms with E-state index in [0.717, 1.165) is 18.3 Å². The van der Waals surface area contributed by atoms with Crippen molar-refractivity contribution in [3.05, 3.63) is 0 Å². The Hall–Kier alpha value is -1.22. The van der Waals surface area contributed by atoms with Gasteiger partial charge in [0.2, 0.25) is 0 Å². The van der Waals surface area contributed by atoms with Crippen molar-refractivity contribution >= 4 is 11.9 Å². The molecule has 8 nitrogen and oxygen atoms in total. The van der Waals surface area contributed by atoms with Gasteiger partial charge in [0.15, 0.2) is 12.2 Å². The molecule has 0 amide bonds. The second-order valence-electron chi connectivity index (χ2n) is 6.94. The van der Waals surface area contributed by atoms with Gasteiger partial charge < -0.3 is 30.4 Å². The SMILES string of the molecule is CN(C)C1CC2CCCCC2CC1O.O=C(O)[C@H](O)[C@@H](O)C(=O)O. The first-order chi connectivity index (χ1) is 11.1. The third-order valence-corrected chi connectivity index (χ3v) is 5.07. The van der Waals surface area contributed by atoms with Gasteiger partial charge in [-0.3, -0.25) is 0 Å². The zero-order chi connectivity index (χ0) is 18.4. The number of hydrogen-bond acceptors (Lipinski definition) is 6. The van der Waals surface area contributed by atoms with Crippen LogP contribution in [0.25, 0.3) is 0 Å². The number of hydrogen-bond donors (Lipinski definition) is 5. The molecule has 0 radical (unpaired) electrons. The monoisotopic (exact) mass is 347 g/mol. The molecule has 2 fully saturated rings. The molecule has 0 saturated heterocycles. The molecule has 0 bridgehead atoms. The fourth-order valence-corrected chi connectivity index (χ4v) is 3.66. The van der Waals surface area contributed by atoms with Crippen LogP contribution < -0.4 is 0 Å². The van der Waals surface area contributed by atoms with Gasteiger partial charge in [0.25, 0.3) is 0 Å². The molecule has 2 saturated carbocycles. The summed E-state index contributed by atoms with van der Waals surface area (Å²) in [4.78, 5) is 21.7. The first-order valence-corrected chi connectivity index (χ1v) is 8.31. The molecule has 0 spiro atoms. The zero-order valence-corrected chi connectivity index (χ0v) is 14.2. The van der Waals surface area contributed by atoms with Gasteiger partial charge >= 0.3 is 11.9 Å². The molecule has 0 aromatic rings. The van der Waals surface area contributed by atoms with E-state index in [0.29, 0.717) is 6.04 Å². The van der Waals surface area contributed by atoms with E-state index in [-0.39, 0.29) is 6.10 Å². The molecule has 0 aromatic carbocycles. The number of fused-ring (bicyclic) bond motifs is 1. The third-order valence-electron chi connectivity index (χ3n) is 5.07. The zero-order valence-electron chi connectivity index (χ0n) is 14.2. The molecule has 140 valence electrons. The number of carboxylic acids is 2. The van der Waals surface area contributed by atoms with Crippen molar-refractivity contribution in [1.82, 2.24) is 4.90 Å². The molecule has 4 unspecified atom stereocenters. The molecule has 24 heavy (non-hydrogen) atoms. The molecule has 6 atom stereocenters. The molecular weight excluding hydrogens is 318 g/mol. The lowest BCUT2D eigenvalue weighted by atomic mass is 9.68. The highest BCUT2D eigenvalue weighted by molar-refractivity contribution is 5.83. The maximum absolute atomic E-state index is 10.0. The van der Waals surface area contributed by atoms with Gasteiger partial charge in [0.05, 0.1) is 6.10 Å². The summed E-state index contributed by atoms with van der Waals surface area (Å²) >= 11 is 0. The normalized spacial score (nSPS) is 32.1. The number of likely N-dealkylation sites (N-methyl/N-ethyl adjacent to an activating group) is 1. The predicted molar refractivity (Wildman–Crippen MR) is 85.4 cm³/mol. The van der Waals surface area contributed by atoms with E-state index in [1.807, 2.05) is 0 Å². The molecule has 5 N–H and O–H groups in total. The summed E-state index contributed by atoms with van der Waals surface area (Å²) in [6, 6.07) is 0.411. The van der Waals surface area contributed by atoms with E-state index in [1.165, 1.54) is 32.1 Å². The highest BCUT2D eigenvalue weighted by Crippen LogP contribution is 2.41. The highest BCUT2D eigenvalue weighted by atomic mass is 16.4. The standard InChI is InChI=1S/C12H23NO.C4H6O6/c1-13(2)11-7-9-5-3-4-6-10(9)8-12(11)14;5-1(3(7)8)2(6)4(9)10/h9-12,14H,3-8H2,1-2H3;1-2,5-6H,(H,7,8)(H,9,10)/t;1-,2-/m.1/s1. The maximum atomic E-state index is 10.0. The summed E-state index contributed by atoms with van der Waals surface area (Å²) in [5.74, 6) is -1.81. The molecule has 0 aliphatic heterocycles. The summed E-state index contributed by atoms with van der Waals surface area (Å²) in [6.45, 7) is 0. The average molecular weight is 347 g/mol. The van der Waals surface area contributed by atoms with Gasteiger partial charge in [-0.2, -0.15) is 0 Å². The maximum Gasteiger partial charge on any atom is 0.335 e. The Kier molecular flexibility index (Phi) is 8.08. The van der Waals surface area contributed by atoms with Crippen LogP contribution in [0.2, 0.25) is 0 Å². The molecule has 0 aromatic heterocycles.